The molecule has 0 spiro atoms. The molecule has 0 unspecified atom stereocenters. The van der Waals surface area contributed by atoms with E-state index in [-0.39, 0.29) is 11.1 Å². The second-order valence-electron chi connectivity index (χ2n) is 7.28. The van der Waals surface area contributed by atoms with Crippen molar-refractivity contribution in [3.63, 3.8) is 0 Å². The SMILES string of the molecule is CN(C)c1ccc(/C=C/c2nc3ccccc3c(=O)n2-c2cccc(C(=O)[O-])c2)cc1. The van der Waals surface area contributed by atoms with E-state index >= 15 is 0 Å². The van der Waals surface area contributed by atoms with Gasteiger partial charge in [0.25, 0.3) is 5.56 Å². The molecule has 3 aromatic carbocycles. The van der Waals surface area contributed by atoms with Gasteiger partial charge >= 0.3 is 0 Å². The molecule has 6 heteroatoms. The van der Waals surface area contributed by atoms with Gasteiger partial charge in [-0.15, -0.1) is 0 Å². The molecule has 0 aliphatic heterocycles. The summed E-state index contributed by atoms with van der Waals surface area (Å²) in [5, 5.41) is 11.8. The van der Waals surface area contributed by atoms with Crippen molar-refractivity contribution < 1.29 is 9.90 Å². The van der Waals surface area contributed by atoms with Gasteiger partial charge in [0.1, 0.15) is 5.82 Å². The zero-order valence-electron chi connectivity index (χ0n) is 17.1. The van der Waals surface area contributed by atoms with Gasteiger partial charge in [0, 0.05) is 19.8 Å². The Morgan fingerprint density at radius 1 is 0.968 bits per heavy atom. The molecule has 0 saturated heterocycles. The number of hydrogen-bond acceptors (Lipinski definition) is 5. The topological polar surface area (TPSA) is 78.3 Å². The molecule has 0 bridgehead atoms. The van der Waals surface area contributed by atoms with Crippen LogP contribution in [0, 0.1) is 0 Å². The molecular formula is C25H20N3O3-. The summed E-state index contributed by atoms with van der Waals surface area (Å²) in [5.41, 5.74) is 2.73. The number of carboxylic acids is 1. The van der Waals surface area contributed by atoms with Crippen molar-refractivity contribution in [2.75, 3.05) is 19.0 Å². The number of fused-ring (bicyclic) bond motifs is 1. The van der Waals surface area contributed by atoms with Gasteiger partial charge in [-0.3, -0.25) is 9.36 Å². The summed E-state index contributed by atoms with van der Waals surface area (Å²) in [7, 11) is 3.95. The van der Waals surface area contributed by atoms with E-state index in [2.05, 4.69) is 4.98 Å². The monoisotopic (exact) mass is 410 g/mol. The van der Waals surface area contributed by atoms with E-state index in [1.165, 1.54) is 16.7 Å². The Kier molecular flexibility index (Phi) is 5.37. The van der Waals surface area contributed by atoms with Crippen LogP contribution in [0.1, 0.15) is 21.7 Å². The predicted octanol–water partition coefficient (Wildman–Crippen LogP) is 2.99. The Morgan fingerprint density at radius 2 is 1.71 bits per heavy atom. The summed E-state index contributed by atoms with van der Waals surface area (Å²) in [6.45, 7) is 0. The van der Waals surface area contributed by atoms with E-state index in [1.54, 1.807) is 36.4 Å². The van der Waals surface area contributed by atoms with E-state index in [0.717, 1.165) is 11.3 Å². The molecule has 0 aliphatic rings. The van der Waals surface area contributed by atoms with Crippen molar-refractivity contribution in [3.05, 3.63) is 100 Å². The number of anilines is 1. The number of hydrogen-bond donors (Lipinski definition) is 0. The number of benzene rings is 3. The second-order valence-corrected chi connectivity index (χ2v) is 7.28. The van der Waals surface area contributed by atoms with E-state index in [0.29, 0.717) is 22.4 Å². The predicted molar refractivity (Wildman–Crippen MR) is 121 cm³/mol. The lowest BCUT2D eigenvalue weighted by Gasteiger charge is -2.13. The highest BCUT2D eigenvalue weighted by Gasteiger charge is 2.11. The van der Waals surface area contributed by atoms with Crippen LogP contribution in [0.15, 0.2) is 77.6 Å². The minimum absolute atomic E-state index is 0.00763. The fourth-order valence-corrected chi connectivity index (χ4v) is 3.34. The average Bonchev–Trinajstić information content (AvgIpc) is 2.78. The van der Waals surface area contributed by atoms with Gasteiger partial charge < -0.3 is 14.8 Å². The van der Waals surface area contributed by atoms with Gasteiger partial charge in [-0.2, -0.15) is 0 Å². The van der Waals surface area contributed by atoms with Gasteiger partial charge in [0.05, 0.1) is 22.6 Å². The van der Waals surface area contributed by atoms with E-state index in [9.17, 15) is 14.7 Å². The Bertz CT molecular complexity index is 1350. The average molecular weight is 410 g/mol. The first-order chi connectivity index (χ1) is 14.9. The van der Waals surface area contributed by atoms with Crippen molar-refractivity contribution in [2.45, 2.75) is 0 Å². The number of carbonyl (C=O) groups excluding carboxylic acids is 1. The van der Waals surface area contributed by atoms with Crippen LogP contribution in [-0.4, -0.2) is 29.6 Å². The van der Waals surface area contributed by atoms with E-state index < -0.39 is 5.97 Å². The molecule has 0 radical (unpaired) electrons. The number of aromatic nitrogens is 2. The number of para-hydroxylation sites is 1. The third-order valence-corrected chi connectivity index (χ3v) is 4.98. The first-order valence-corrected chi connectivity index (χ1v) is 9.73. The van der Waals surface area contributed by atoms with Crippen molar-refractivity contribution in [3.8, 4) is 5.69 Å². The number of rotatable bonds is 5. The van der Waals surface area contributed by atoms with E-state index in [4.69, 9.17) is 0 Å². The number of aromatic carboxylic acids is 1. The summed E-state index contributed by atoms with van der Waals surface area (Å²) >= 11 is 0. The van der Waals surface area contributed by atoms with Gasteiger partial charge in [-0.05, 0) is 53.6 Å². The van der Waals surface area contributed by atoms with Crippen LogP contribution in [-0.2, 0) is 0 Å². The first kappa shape index (κ1) is 20.1. The Morgan fingerprint density at radius 3 is 2.42 bits per heavy atom. The lowest BCUT2D eigenvalue weighted by molar-refractivity contribution is -0.255. The van der Waals surface area contributed by atoms with Crippen LogP contribution >= 0.6 is 0 Å². The zero-order valence-corrected chi connectivity index (χ0v) is 17.1. The van der Waals surface area contributed by atoms with Crippen molar-refractivity contribution >= 4 is 34.7 Å². The molecule has 0 fully saturated rings. The van der Waals surface area contributed by atoms with Crippen LogP contribution in [0.4, 0.5) is 5.69 Å². The van der Waals surface area contributed by atoms with Crippen LogP contribution < -0.4 is 15.6 Å². The molecule has 0 atom stereocenters. The third kappa shape index (κ3) is 4.09. The molecule has 31 heavy (non-hydrogen) atoms. The lowest BCUT2D eigenvalue weighted by atomic mass is 10.1. The zero-order chi connectivity index (χ0) is 22.0. The van der Waals surface area contributed by atoms with Crippen molar-refractivity contribution in [1.82, 2.24) is 9.55 Å². The Balaban J connectivity index is 1.87. The second kappa shape index (κ2) is 8.28. The minimum atomic E-state index is -1.30. The van der Waals surface area contributed by atoms with Crippen LogP contribution in [0.2, 0.25) is 0 Å². The van der Waals surface area contributed by atoms with Gasteiger partial charge in [0.2, 0.25) is 0 Å². The number of carboxylic acid groups (broad SMARTS) is 1. The van der Waals surface area contributed by atoms with Crippen LogP contribution in [0.25, 0.3) is 28.7 Å². The Hall–Kier alpha value is -4.19. The van der Waals surface area contributed by atoms with Gasteiger partial charge in [0.15, 0.2) is 0 Å². The maximum absolute atomic E-state index is 13.3. The molecule has 0 saturated carbocycles. The maximum Gasteiger partial charge on any atom is 0.266 e. The molecule has 0 N–H and O–H groups in total. The molecule has 6 nitrogen and oxygen atoms in total. The molecule has 0 aliphatic carbocycles. The molecule has 4 aromatic rings. The summed E-state index contributed by atoms with van der Waals surface area (Å²) in [5.74, 6) is -0.905. The van der Waals surface area contributed by atoms with E-state index in [1.807, 2.05) is 55.4 Å². The lowest BCUT2D eigenvalue weighted by Crippen LogP contribution is -2.25. The summed E-state index contributed by atoms with van der Waals surface area (Å²) in [6.07, 6.45) is 3.62. The molecule has 1 heterocycles. The summed E-state index contributed by atoms with van der Waals surface area (Å²) < 4.78 is 1.42. The molecule has 4 rings (SSSR count). The van der Waals surface area contributed by atoms with Gasteiger partial charge in [-0.25, -0.2) is 4.98 Å². The highest BCUT2D eigenvalue weighted by atomic mass is 16.4. The molecule has 154 valence electrons. The Labute approximate surface area is 179 Å². The summed E-state index contributed by atoms with van der Waals surface area (Å²) in [4.78, 5) is 31.3. The van der Waals surface area contributed by atoms with Crippen LogP contribution in [0.3, 0.4) is 0 Å². The fourth-order valence-electron chi connectivity index (χ4n) is 3.34. The quantitative estimate of drug-likeness (QED) is 0.505. The number of nitrogens with zero attached hydrogens (tertiary/aromatic N) is 3. The largest absolute Gasteiger partial charge is 0.545 e. The van der Waals surface area contributed by atoms with Crippen molar-refractivity contribution in [2.24, 2.45) is 0 Å². The fraction of sp³-hybridized carbons (Fsp3) is 0.0800. The summed E-state index contributed by atoms with van der Waals surface area (Å²) in [6, 6.07) is 21.1. The highest BCUT2D eigenvalue weighted by Crippen LogP contribution is 2.18. The molecule has 1 aromatic heterocycles. The number of carbonyl (C=O) groups is 1. The highest BCUT2D eigenvalue weighted by molar-refractivity contribution is 5.87. The van der Waals surface area contributed by atoms with Gasteiger partial charge in [-0.1, -0.05) is 42.5 Å². The maximum atomic E-state index is 13.3. The molecule has 0 amide bonds. The normalized spacial score (nSPS) is 11.2. The smallest absolute Gasteiger partial charge is 0.266 e. The third-order valence-electron chi connectivity index (χ3n) is 4.98. The standard InChI is InChI=1S/C25H21N3O3/c1-27(2)19-13-10-17(11-14-19)12-15-23-26-22-9-4-3-8-21(22)24(29)28(23)20-7-5-6-18(16-20)25(30)31/h3-16H,1-2H3,(H,30,31)/p-1/b15-12+. The molecular weight excluding hydrogens is 390 g/mol. The minimum Gasteiger partial charge on any atom is -0.545 e. The van der Waals surface area contributed by atoms with Crippen LogP contribution in [0.5, 0.6) is 0 Å². The van der Waals surface area contributed by atoms with Crippen molar-refractivity contribution in [1.29, 1.82) is 0 Å². The first-order valence-electron chi connectivity index (χ1n) is 9.73.